The summed E-state index contributed by atoms with van der Waals surface area (Å²) in [5.74, 6) is 1.98. The fourth-order valence-electron chi connectivity index (χ4n) is 3.21. The molecule has 0 heterocycles. The van der Waals surface area contributed by atoms with E-state index in [9.17, 15) is 0 Å². The van der Waals surface area contributed by atoms with Crippen molar-refractivity contribution in [2.24, 2.45) is 17.4 Å². The third-order valence-corrected chi connectivity index (χ3v) is 4.77. The summed E-state index contributed by atoms with van der Waals surface area (Å²) in [7, 11) is 3.33. The molecular formula is C21H30N2O2. The lowest BCUT2D eigenvalue weighted by Crippen LogP contribution is -2.60. The second-order valence-corrected chi connectivity index (χ2v) is 7.05. The van der Waals surface area contributed by atoms with Crippen molar-refractivity contribution < 1.29 is 9.47 Å². The minimum Gasteiger partial charge on any atom is -0.497 e. The number of hydrogen-bond acceptors (Lipinski definition) is 4. The fraction of sp³-hybridized carbons (Fsp3) is 0.429. The van der Waals surface area contributed by atoms with Gasteiger partial charge >= 0.3 is 0 Å². The summed E-state index contributed by atoms with van der Waals surface area (Å²) in [5, 5.41) is 0. The molecule has 2 aromatic rings. The second-order valence-electron chi connectivity index (χ2n) is 7.05. The van der Waals surface area contributed by atoms with Crippen LogP contribution in [0.5, 0.6) is 11.5 Å². The van der Waals surface area contributed by atoms with Crippen LogP contribution in [0, 0.1) is 5.92 Å². The summed E-state index contributed by atoms with van der Waals surface area (Å²) in [5.41, 5.74) is 15.2. The van der Waals surface area contributed by atoms with Gasteiger partial charge in [0.15, 0.2) is 0 Å². The first-order chi connectivity index (χ1) is 11.9. The molecule has 0 unspecified atom stereocenters. The highest BCUT2D eigenvalue weighted by molar-refractivity contribution is 5.32. The maximum absolute atomic E-state index is 6.86. The highest BCUT2D eigenvalue weighted by Gasteiger charge is 2.34. The smallest absolute Gasteiger partial charge is 0.118 e. The molecule has 0 aliphatic rings. The first-order valence-corrected chi connectivity index (χ1v) is 8.68. The molecule has 25 heavy (non-hydrogen) atoms. The predicted molar refractivity (Wildman–Crippen MR) is 103 cm³/mol. The van der Waals surface area contributed by atoms with Crippen molar-refractivity contribution in [1.29, 1.82) is 0 Å². The van der Waals surface area contributed by atoms with Crippen LogP contribution in [0.3, 0.4) is 0 Å². The minimum absolute atomic E-state index is 0.114. The Balaban J connectivity index is 2.25. The topological polar surface area (TPSA) is 70.5 Å². The largest absolute Gasteiger partial charge is 0.497 e. The third kappa shape index (κ3) is 4.97. The molecule has 136 valence electrons. The molecule has 4 nitrogen and oxygen atoms in total. The number of ether oxygens (including phenoxy) is 2. The van der Waals surface area contributed by atoms with Gasteiger partial charge < -0.3 is 20.9 Å². The van der Waals surface area contributed by atoms with Crippen molar-refractivity contribution in [2.75, 3.05) is 14.2 Å². The normalized spacial score (nSPS) is 12.9. The van der Waals surface area contributed by atoms with Gasteiger partial charge in [-0.25, -0.2) is 0 Å². The zero-order chi connectivity index (χ0) is 18.4. The van der Waals surface area contributed by atoms with Crippen molar-refractivity contribution >= 4 is 0 Å². The molecular weight excluding hydrogens is 312 g/mol. The molecule has 0 spiro atoms. The Morgan fingerprint density at radius 2 is 1.16 bits per heavy atom. The number of nitrogens with two attached hydrogens (primary N) is 2. The van der Waals surface area contributed by atoms with Crippen molar-refractivity contribution in [2.45, 2.75) is 38.3 Å². The second kappa shape index (κ2) is 8.37. The van der Waals surface area contributed by atoms with E-state index in [1.54, 1.807) is 14.2 Å². The highest BCUT2D eigenvalue weighted by atomic mass is 16.5. The van der Waals surface area contributed by atoms with E-state index in [-0.39, 0.29) is 6.04 Å². The van der Waals surface area contributed by atoms with Gasteiger partial charge in [-0.3, -0.25) is 0 Å². The van der Waals surface area contributed by atoms with Gasteiger partial charge in [-0.2, -0.15) is 0 Å². The fourth-order valence-corrected chi connectivity index (χ4v) is 3.21. The van der Waals surface area contributed by atoms with Gasteiger partial charge in [-0.05, 0) is 54.2 Å². The number of hydrogen-bond donors (Lipinski definition) is 2. The molecule has 0 radical (unpaired) electrons. The summed E-state index contributed by atoms with van der Waals surface area (Å²) in [6, 6.07) is 16.0. The Morgan fingerprint density at radius 1 is 0.800 bits per heavy atom. The van der Waals surface area contributed by atoms with Gasteiger partial charge in [0.2, 0.25) is 0 Å². The molecule has 4 N–H and O–H groups in total. The predicted octanol–water partition coefficient (Wildman–Crippen LogP) is 3.17. The van der Waals surface area contributed by atoms with Crippen LogP contribution in [0.1, 0.15) is 25.0 Å². The van der Waals surface area contributed by atoms with Crippen LogP contribution in [-0.4, -0.2) is 25.8 Å². The SMILES string of the molecule is COc1ccc(CC(N)(Cc2ccc(OC)cc2)[C@@H](N)C(C)C)cc1. The lowest BCUT2D eigenvalue weighted by atomic mass is 9.76. The number of benzene rings is 2. The van der Waals surface area contributed by atoms with E-state index in [2.05, 4.69) is 38.1 Å². The maximum atomic E-state index is 6.86. The van der Waals surface area contributed by atoms with E-state index >= 15 is 0 Å². The Kier molecular flexibility index (Phi) is 6.45. The van der Waals surface area contributed by atoms with Gasteiger partial charge in [-0.15, -0.1) is 0 Å². The van der Waals surface area contributed by atoms with Gasteiger partial charge in [0.25, 0.3) is 0 Å². The molecule has 0 fully saturated rings. The van der Waals surface area contributed by atoms with Crippen molar-refractivity contribution in [3.63, 3.8) is 0 Å². The summed E-state index contributed by atoms with van der Waals surface area (Å²) >= 11 is 0. The average Bonchev–Trinajstić information content (AvgIpc) is 2.62. The van der Waals surface area contributed by atoms with Gasteiger partial charge in [-0.1, -0.05) is 38.1 Å². The van der Waals surface area contributed by atoms with Crippen molar-refractivity contribution in [3.05, 3.63) is 59.7 Å². The summed E-state index contributed by atoms with van der Waals surface area (Å²) in [4.78, 5) is 0. The molecule has 4 heteroatoms. The molecule has 0 saturated heterocycles. The van der Waals surface area contributed by atoms with Crippen LogP contribution in [0.4, 0.5) is 0 Å². The molecule has 0 aliphatic carbocycles. The lowest BCUT2D eigenvalue weighted by Gasteiger charge is -2.38. The Labute approximate surface area is 151 Å². The summed E-state index contributed by atoms with van der Waals surface area (Å²) in [6.45, 7) is 4.24. The van der Waals surface area contributed by atoms with Crippen LogP contribution < -0.4 is 20.9 Å². The van der Waals surface area contributed by atoms with Gasteiger partial charge in [0.05, 0.1) is 14.2 Å². The van der Waals surface area contributed by atoms with E-state index in [1.807, 2.05) is 24.3 Å². The standard InChI is InChI=1S/C21H30N2O2/c1-15(2)20(22)21(23,13-16-5-9-18(24-3)10-6-16)14-17-7-11-19(25-4)12-8-17/h5-12,15,20H,13-14,22-23H2,1-4H3/t20-/m0/s1. The molecule has 2 aromatic carbocycles. The van der Waals surface area contributed by atoms with E-state index in [4.69, 9.17) is 20.9 Å². The number of rotatable bonds is 8. The van der Waals surface area contributed by atoms with Gasteiger partial charge in [0, 0.05) is 11.6 Å². The molecule has 0 aromatic heterocycles. The summed E-state index contributed by atoms with van der Waals surface area (Å²) in [6.07, 6.45) is 1.42. The third-order valence-electron chi connectivity index (χ3n) is 4.77. The Hall–Kier alpha value is -2.04. The monoisotopic (exact) mass is 342 g/mol. The molecule has 1 atom stereocenters. The highest BCUT2D eigenvalue weighted by Crippen LogP contribution is 2.25. The van der Waals surface area contributed by atoms with E-state index in [1.165, 1.54) is 0 Å². The van der Waals surface area contributed by atoms with Crippen LogP contribution in [-0.2, 0) is 12.8 Å². The Morgan fingerprint density at radius 3 is 1.44 bits per heavy atom. The average molecular weight is 342 g/mol. The Bertz CT molecular complexity index is 601. The first kappa shape index (κ1) is 19.3. The van der Waals surface area contributed by atoms with E-state index in [0.717, 1.165) is 22.6 Å². The maximum Gasteiger partial charge on any atom is 0.118 e. The number of methoxy groups -OCH3 is 2. The minimum atomic E-state index is -0.530. The lowest BCUT2D eigenvalue weighted by molar-refractivity contribution is 0.279. The van der Waals surface area contributed by atoms with Gasteiger partial charge in [0.1, 0.15) is 11.5 Å². The molecule has 0 aliphatic heterocycles. The van der Waals surface area contributed by atoms with E-state index < -0.39 is 5.54 Å². The summed E-state index contributed by atoms with van der Waals surface area (Å²) < 4.78 is 10.5. The van der Waals surface area contributed by atoms with Crippen molar-refractivity contribution in [1.82, 2.24) is 0 Å². The van der Waals surface area contributed by atoms with Crippen LogP contribution >= 0.6 is 0 Å². The molecule has 2 rings (SSSR count). The zero-order valence-corrected chi connectivity index (χ0v) is 15.7. The zero-order valence-electron chi connectivity index (χ0n) is 15.7. The van der Waals surface area contributed by atoms with Crippen LogP contribution in [0.25, 0.3) is 0 Å². The van der Waals surface area contributed by atoms with E-state index in [0.29, 0.717) is 18.8 Å². The van der Waals surface area contributed by atoms with Crippen LogP contribution in [0.2, 0.25) is 0 Å². The van der Waals surface area contributed by atoms with Crippen molar-refractivity contribution in [3.8, 4) is 11.5 Å². The molecule has 0 bridgehead atoms. The first-order valence-electron chi connectivity index (χ1n) is 8.68. The van der Waals surface area contributed by atoms with Crippen LogP contribution in [0.15, 0.2) is 48.5 Å². The quantitative estimate of drug-likeness (QED) is 0.773. The molecule has 0 amide bonds. The molecule has 0 saturated carbocycles.